The lowest BCUT2D eigenvalue weighted by atomic mass is 10.2. The highest BCUT2D eigenvalue weighted by molar-refractivity contribution is 6.30. The third-order valence-corrected chi connectivity index (χ3v) is 4.14. The average Bonchev–Trinajstić information content (AvgIpc) is 2.71. The lowest BCUT2D eigenvalue weighted by Crippen LogP contribution is -2.13. The lowest BCUT2D eigenvalue weighted by molar-refractivity contribution is 0.0600. The molecule has 2 aromatic carbocycles. The van der Waals surface area contributed by atoms with Crippen LogP contribution >= 0.6 is 11.6 Å². The lowest BCUT2D eigenvalue weighted by Gasteiger charge is -2.09. The molecular formula is C20H17ClN4O3. The zero-order chi connectivity index (χ0) is 20.1. The van der Waals surface area contributed by atoms with Gasteiger partial charge in [0.05, 0.1) is 18.2 Å². The van der Waals surface area contributed by atoms with Crippen LogP contribution in [0, 0.1) is 6.92 Å². The Morgan fingerprint density at radius 2 is 1.79 bits per heavy atom. The minimum absolute atomic E-state index is 0.275. The molecule has 1 aromatic heterocycles. The quantitative estimate of drug-likeness (QED) is 0.627. The van der Waals surface area contributed by atoms with E-state index in [-0.39, 0.29) is 5.56 Å². The Morgan fingerprint density at radius 1 is 1.04 bits per heavy atom. The molecule has 0 saturated carbocycles. The molecule has 0 fully saturated rings. The Bertz CT molecular complexity index is 1020. The van der Waals surface area contributed by atoms with E-state index in [0.717, 1.165) is 11.3 Å². The van der Waals surface area contributed by atoms with Crippen LogP contribution in [0.3, 0.4) is 0 Å². The summed E-state index contributed by atoms with van der Waals surface area (Å²) in [4.78, 5) is 32.3. The molecule has 1 amide bonds. The second-order valence-electron chi connectivity index (χ2n) is 5.91. The van der Waals surface area contributed by atoms with E-state index in [0.29, 0.717) is 22.2 Å². The molecule has 0 aliphatic rings. The number of nitrogens with zero attached hydrogens (tertiary/aromatic N) is 2. The van der Waals surface area contributed by atoms with Crippen molar-refractivity contribution >= 4 is 40.8 Å². The first-order chi connectivity index (χ1) is 13.5. The fourth-order valence-corrected chi connectivity index (χ4v) is 2.58. The zero-order valence-corrected chi connectivity index (χ0v) is 15.9. The van der Waals surface area contributed by atoms with Crippen LogP contribution in [-0.4, -0.2) is 29.0 Å². The molecule has 3 aromatic rings. The Labute approximate surface area is 166 Å². The van der Waals surface area contributed by atoms with Gasteiger partial charge in [0, 0.05) is 28.8 Å². The number of anilines is 3. The summed E-state index contributed by atoms with van der Waals surface area (Å²) in [5.41, 5.74) is 2.85. The number of carbonyl (C=O) groups excluding carboxylic acids is 2. The van der Waals surface area contributed by atoms with Crippen molar-refractivity contribution in [3.8, 4) is 0 Å². The molecular weight excluding hydrogens is 380 g/mol. The summed E-state index contributed by atoms with van der Waals surface area (Å²) >= 11 is 6.00. The number of hydrogen-bond acceptors (Lipinski definition) is 6. The topological polar surface area (TPSA) is 93.2 Å². The van der Waals surface area contributed by atoms with Gasteiger partial charge >= 0.3 is 5.97 Å². The van der Waals surface area contributed by atoms with E-state index in [1.54, 1.807) is 30.3 Å². The smallest absolute Gasteiger partial charge is 0.337 e. The Kier molecular flexibility index (Phi) is 5.86. The van der Waals surface area contributed by atoms with Crippen LogP contribution in [0.5, 0.6) is 0 Å². The van der Waals surface area contributed by atoms with Gasteiger partial charge < -0.3 is 15.4 Å². The number of halogens is 1. The van der Waals surface area contributed by atoms with Gasteiger partial charge in [0.15, 0.2) is 0 Å². The van der Waals surface area contributed by atoms with E-state index in [2.05, 4.69) is 25.3 Å². The molecule has 0 aliphatic heterocycles. The second kappa shape index (κ2) is 8.49. The maximum absolute atomic E-state index is 12.4. The summed E-state index contributed by atoms with van der Waals surface area (Å²) in [7, 11) is 1.30. The van der Waals surface area contributed by atoms with E-state index >= 15 is 0 Å². The molecule has 0 radical (unpaired) electrons. The van der Waals surface area contributed by atoms with Crippen LogP contribution in [0.4, 0.5) is 17.3 Å². The summed E-state index contributed by atoms with van der Waals surface area (Å²) in [6, 6.07) is 11.9. The third-order valence-electron chi connectivity index (χ3n) is 3.90. The molecule has 0 saturated heterocycles. The van der Waals surface area contributed by atoms with Crippen molar-refractivity contribution < 1.29 is 14.3 Å². The van der Waals surface area contributed by atoms with Gasteiger partial charge in [-0.25, -0.2) is 14.8 Å². The number of esters is 1. The van der Waals surface area contributed by atoms with E-state index in [1.165, 1.54) is 25.6 Å². The van der Waals surface area contributed by atoms with Gasteiger partial charge in [-0.3, -0.25) is 4.79 Å². The van der Waals surface area contributed by atoms with Crippen molar-refractivity contribution in [3.05, 3.63) is 76.6 Å². The first-order valence-corrected chi connectivity index (χ1v) is 8.69. The maximum atomic E-state index is 12.4. The van der Waals surface area contributed by atoms with Crippen molar-refractivity contribution in [2.45, 2.75) is 6.92 Å². The number of hydrogen-bond donors (Lipinski definition) is 2. The largest absolute Gasteiger partial charge is 0.465 e. The first-order valence-electron chi connectivity index (χ1n) is 8.31. The predicted octanol–water partition coefficient (Wildman–Crippen LogP) is 4.22. The fourth-order valence-electron chi connectivity index (χ4n) is 2.40. The number of methoxy groups -OCH3 is 1. The van der Waals surface area contributed by atoms with Gasteiger partial charge in [0.25, 0.3) is 5.91 Å². The maximum Gasteiger partial charge on any atom is 0.337 e. The first kappa shape index (κ1) is 19.3. The monoisotopic (exact) mass is 396 g/mol. The summed E-state index contributed by atoms with van der Waals surface area (Å²) < 4.78 is 4.67. The predicted molar refractivity (Wildman–Crippen MR) is 107 cm³/mol. The molecule has 28 heavy (non-hydrogen) atoms. The van der Waals surface area contributed by atoms with Crippen molar-refractivity contribution in [3.63, 3.8) is 0 Å². The van der Waals surface area contributed by atoms with Crippen LogP contribution in [-0.2, 0) is 4.74 Å². The molecule has 0 bridgehead atoms. The van der Waals surface area contributed by atoms with Gasteiger partial charge in [-0.2, -0.15) is 0 Å². The molecule has 3 rings (SSSR count). The van der Waals surface area contributed by atoms with E-state index in [9.17, 15) is 9.59 Å². The highest BCUT2D eigenvalue weighted by Crippen LogP contribution is 2.22. The summed E-state index contributed by atoms with van der Waals surface area (Å²) in [5, 5.41) is 6.36. The number of benzene rings is 2. The number of nitrogens with one attached hydrogen (secondary N) is 2. The van der Waals surface area contributed by atoms with Crippen LogP contribution in [0.2, 0.25) is 5.02 Å². The molecule has 0 aliphatic carbocycles. The van der Waals surface area contributed by atoms with Gasteiger partial charge in [-0.15, -0.1) is 0 Å². The standard InChI is InChI=1S/C20H17ClN4O3/c1-12-6-7-15(21)9-17(12)25-20-22-10-14(11-23-20)18(26)24-16-5-3-4-13(8-16)19(27)28-2/h3-11H,1-2H3,(H,24,26)(H,22,23,25). The minimum atomic E-state index is -0.480. The molecule has 0 spiro atoms. The highest BCUT2D eigenvalue weighted by atomic mass is 35.5. The fraction of sp³-hybridized carbons (Fsp3) is 0.100. The Morgan fingerprint density at radius 3 is 2.50 bits per heavy atom. The van der Waals surface area contributed by atoms with Crippen LogP contribution in [0.15, 0.2) is 54.9 Å². The SMILES string of the molecule is COC(=O)c1cccc(NC(=O)c2cnc(Nc3cc(Cl)ccc3C)nc2)c1. The van der Waals surface area contributed by atoms with Crippen LogP contribution < -0.4 is 10.6 Å². The molecule has 0 unspecified atom stereocenters. The Hall–Kier alpha value is -3.45. The van der Waals surface area contributed by atoms with Gasteiger partial charge in [-0.05, 0) is 42.8 Å². The van der Waals surface area contributed by atoms with E-state index in [4.69, 9.17) is 11.6 Å². The van der Waals surface area contributed by atoms with Gasteiger partial charge in [-0.1, -0.05) is 23.7 Å². The number of carbonyl (C=O) groups is 2. The average molecular weight is 397 g/mol. The van der Waals surface area contributed by atoms with Crippen molar-refractivity contribution in [2.75, 3.05) is 17.7 Å². The molecule has 0 atom stereocenters. The normalized spacial score (nSPS) is 10.2. The number of amides is 1. The second-order valence-corrected chi connectivity index (χ2v) is 6.34. The minimum Gasteiger partial charge on any atom is -0.465 e. The molecule has 7 nitrogen and oxygen atoms in total. The molecule has 8 heteroatoms. The third kappa shape index (κ3) is 4.63. The van der Waals surface area contributed by atoms with E-state index < -0.39 is 11.9 Å². The summed E-state index contributed by atoms with van der Waals surface area (Å²) in [5.74, 6) is -0.534. The number of aromatic nitrogens is 2. The molecule has 142 valence electrons. The summed E-state index contributed by atoms with van der Waals surface area (Å²) in [6.45, 7) is 1.93. The highest BCUT2D eigenvalue weighted by Gasteiger charge is 2.11. The van der Waals surface area contributed by atoms with Crippen molar-refractivity contribution in [1.29, 1.82) is 0 Å². The van der Waals surface area contributed by atoms with Crippen LogP contribution in [0.1, 0.15) is 26.3 Å². The zero-order valence-electron chi connectivity index (χ0n) is 15.2. The molecule has 1 heterocycles. The van der Waals surface area contributed by atoms with Gasteiger partial charge in [0.2, 0.25) is 5.95 Å². The Balaban J connectivity index is 1.70. The van der Waals surface area contributed by atoms with Crippen LogP contribution in [0.25, 0.3) is 0 Å². The number of aryl methyl sites for hydroxylation is 1. The number of ether oxygens (including phenoxy) is 1. The van der Waals surface area contributed by atoms with E-state index in [1.807, 2.05) is 13.0 Å². The van der Waals surface area contributed by atoms with Crippen molar-refractivity contribution in [2.24, 2.45) is 0 Å². The molecule has 2 N–H and O–H groups in total. The van der Waals surface area contributed by atoms with Crippen molar-refractivity contribution in [1.82, 2.24) is 9.97 Å². The number of rotatable bonds is 5. The van der Waals surface area contributed by atoms with Gasteiger partial charge in [0.1, 0.15) is 0 Å². The summed E-state index contributed by atoms with van der Waals surface area (Å²) in [6.07, 6.45) is 2.82.